The summed E-state index contributed by atoms with van der Waals surface area (Å²) < 4.78 is 11.3. The quantitative estimate of drug-likeness (QED) is 0.632. The molecule has 1 aromatic heterocycles. The molecule has 3 aliphatic heterocycles. The molecule has 0 saturated carbocycles. The van der Waals surface area contributed by atoms with Crippen LogP contribution in [0.3, 0.4) is 0 Å². The highest BCUT2D eigenvalue weighted by Crippen LogP contribution is 2.37. The topological polar surface area (TPSA) is 101 Å². The lowest BCUT2D eigenvalue weighted by molar-refractivity contribution is -0.140. The number of nitrogens with one attached hydrogen (secondary N) is 1. The van der Waals surface area contributed by atoms with Gasteiger partial charge in [-0.25, -0.2) is 0 Å². The summed E-state index contributed by atoms with van der Waals surface area (Å²) in [5.74, 6) is 1.97. The van der Waals surface area contributed by atoms with Gasteiger partial charge >= 0.3 is 0 Å². The molecule has 2 aromatic rings. The van der Waals surface area contributed by atoms with Crippen LogP contribution < -0.4 is 14.8 Å². The van der Waals surface area contributed by atoms with Crippen LogP contribution in [0.25, 0.3) is 0 Å². The van der Waals surface area contributed by atoms with Gasteiger partial charge < -0.3 is 24.6 Å². The van der Waals surface area contributed by atoms with E-state index in [2.05, 4.69) is 21.3 Å². The predicted molar refractivity (Wildman–Crippen MR) is 150 cm³/mol. The van der Waals surface area contributed by atoms with Crippen molar-refractivity contribution in [2.45, 2.75) is 57.4 Å². The third-order valence-electron chi connectivity index (χ3n) is 8.58. The van der Waals surface area contributed by atoms with Gasteiger partial charge in [-0.15, -0.1) is 0 Å². The first kappa shape index (κ1) is 27.9. The van der Waals surface area contributed by atoms with E-state index in [1.165, 1.54) is 0 Å². The molecule has 1 N–H and O–H groups in total. The minimum absolute atomic E-state index is 0.000539. The monoisotopic (exact) mass is 548 g/mol. The summed E-state index contributed by atoms with van der Waals surface area (Å²) in [5, 5.41) is 3.05. The lowest BCUT2D eigenvalue weighted by Gasteiger charge is -2.51. The Hall–Kier alpha value is -3.62. The van der Waals surface area contributed by atoms with Crippen molar-refractivity contribution in [2.24, 2.45) is 11.8 Å². The first-order valence-corrected chi connectivity index (χ1v) is 14.5. The zero-order valence-electron chi connectivity index (χ0n) is 23.6. The average molecular weight is 549 g/mol. The molecular formula is C31H40N4O5. The summed E-state index contributed by atoms with van der Waals surface area (Å²) in [5.41, 5.74) is 2.66. The number of fused-ring (bicyclic) bond motifs is 6. The maximum atomic E-state index is 13.7. The number of nitrogens with zero attached hydrogens (tertiary/aromatic N) is 3. The van der Waals surface area contributed by atoms with E-state index >= 15 is 0 Å². The Kier molecular flexibility index (Phi) is 8.87. The van der Waals surface area contributed by atoms with E-state index in [0.717, 1.165) is 36.8 Å². The molecule has 0 unspecified atom stereocenters. The van der Waals surface area contributed by atoms with Gasteiger partial charge in [0.05, 0.1) is 19.8 Å². The van der Waals surface area contributed by atoms with Crippen LogP contribution in [0.1, 0.15) is 60.0 Å². The zero-order chi connectivity index (χ0) is 28.1. The van der Waals surface area contributed by atoms with Crippen molar-refractivity contribution in [1.82, 2.24) is 20.1 Å². The predicted octanol–water partition coefficient (Wildman–Crippen LogP) is 3.25. The van der Waals surface area contributed by atoms with E-state index in [9.17, 15) is 14.4 Å². The molecular weight excluding hydrogens is 508 g/mol. The molecule has 5 rings (SSSR count). The first-order chi connectivity index (χ1) is 19.5. The number of carbonyl (C=O) groups is 3. The number of aromatic nitrogens is 1. The van der Waals surface area contributed by atoms with Gasteiger partial charge in [-0.1, -0.05) is 6.07 Å². The third-order valence-corrected chi connectivity index (χ3v) is 8.58. The molecule has 4 bridgehead atoms. The molecule has 0 radical (unpaired) electrons. The standard InChI is InChI=1S/C31H40N4O5/c1-39-27-16-21-10-11-29(37)35-19-22-15-25(20-34(18-22)31(38)24-7-4-12-32-17-24)26(35)8-3-9-28(36)33-13-5-6-23(14-21)30(27)40-2/h4,7,12,14,16-17,22,25-26H,3,5-6,8-11,13,15,18-20H2,1-2H3,(H,33,36)/t22-,25+,26-/m0/s1. The van der Waals surface area contributed by atoms with Crippen LogP contribution >= 0.6 is 0 Å². The number of ether oxygens (including phenoxy) is 2. The van der Waals surface area contributed by atoms with Crippen LogP contribution in [0.5, 0.6) is 11.5 Å². The molecule has 3 atom stereocenters. The summed E-state index contributed by atoms with van der Waals surface area (Å²) in [6.45, 7) is 2.49. The second-order valence-corrected chi connectivity index (χ2v) is 11.3. The van der Waals surface area contributed by atoms with E-state index in [0.29, 0.717) is 68.9 Å². The number of rotatable bonds is 3. The molecule has 1 aromatic carbocycles. The number of pyridine rings is 1. The van der Waals surface area contributed by atoms with Gasteiger partial charge in [0.1, 0.15) is 0 Å². The van der Waals surface area contributed by atoms with Gasteiger partial charge in [0.15, 0.2) is 11.5 Å². The van der Waals surface area contributed by atoms with E-state index in [1.807, 2.05) is 11.0 Å². The van der Waals surface area contributed by atoms with Crippen LogP contribution in [0.15, 0.2) is 36.7 Å². The van der Waals surface area contributed by atoms with Gasteiger partial charge in [-0.05, 0) is 79.7 Å². The van der Waals surface area contributed by atoms with E-state index in [4.69, 9.17) is 9.47 Å². The van der Waals surface area contributed by atoms with Crippen molar-refractivity contribution >= 4 is 17.7 Å². The molecule has 9 nitrogen and oxygen atoms in total. The molecule has 0 aliphatic carbocycles. The molecule has 9 heteroatoms. The summed E-state index contributed by atoms with van der Waals surface area (Å²) in [7, 11) is 3.26. The fourth-order valence-electron chi connectivity index (χ4n) is 6.74. The van der Waals surface area contributed by atoms with Crippen molar-refractivity contribution < 1.29 is 23.9 Å². The minimum atomic E-state index is -0.000539. The number of hydrogen-bond donors (Lipinski definition) is 1. The average Bonchev–Trinajstić information content (AvgIpc) is 2.98. The highest BCUT2D eigenvalue weighted by molar-refractivity contribution is 5.94. The number of aryl methyl sites for hydroxylation is 2. The lowest BCUT2D eigenvalue weighted by Crippen LogP contribution is -2.60. The van der Waals surface area contributed by atoms with Crippen LogP contribution in [0.4, 0.5) is 0 Å². The second kappa shape index (κ2) is 12.7. The second-order valence-electron chi connectivity index (χ2n) is 11.3. The summed E-state index contributed by atoms with van der Waals surface area (Å²) >= 11 is 0. The van der Waals surface area contributed by atoms with Crippen molar-refractivity contribution in [3.05, 3.63) is 53.3 Å². The largest absolute Gasteiger partial charge is 0.493 e. The van der Waals surface area contributed by atoms with Crippen LogP contribution in [-0.2, 0) is 22.4 Å². The fraction of sp³-hybridized carbons (Fsp3) is 0.548. The number of piperidine rings is 2. The molecule has 3 aliphatic rings. The van der Waals surface area contributed by atoms with Crippen molar-refractivity contribution in [1.29, 1.82) is 0 Å². The Morgan fingerprint density at radius 2 is 1.90 bits per heavy atom. The minimum Gasteiger partial charge on any atom is -0.493 e. The Balaban J connectivity index is 1.37. The van der Waals surface area contributed by atoms with Gasteiger partial charge in [-0.2, -0.15) is 0 Å². The molecule has 0 spiro atoms. The lowest BCUT2D eigenvalue weighted by atomic mass is 9.77. The first-order valence-electron chi connectivity index (χ1n) is 14.5. The highest BCUT2D eigenvalue weighted by atomic mass is 16.5. The normalized spacial score (nSPS) is 24.1. The zero-order valence-corrected chi connectivity index (χ0v) is 23.6. The number of benzene rings is 1. The third kappa shape index (κ3) is 6.24. The number of amides is 3. The molecule has 4 heterocycles. The highest BCUT2D eigenvalue weighted by Gasteiger charge is 2.43. The molecule has 3 amide bonds. The number of hydrogen-bond acceptors (Lipinski definition) is 6. The Morgan fingerprint density at radius 3 is 2.67 bits per heavy atom. The summed E-state index contributed by atoms with van der Waals surface area (Å²) in [6, 6.07) is 7.67. The van der Waals surface area contributed by atoms with Crippen LogP contribution in [-0.4, -0.2) is 78.9 Å². The van der Waals surface area contributed by atoms with E-state index < -0.39 is 0 Å². The molecule has 214 valence electrons. The molecule has 2 saturated heterocycles. The number of carbonyl (C=O) groups excluding carboxylic acids is 3. The summed E-state index contributed by atoms with van der Waals surface area (Å²) in [6.07, 6.45) is 8.73. The van der Waals surface area contributed by atoms with Crippen LogP contribution in [0.2, 0.25) is 0 Å². The Labute approximate surface area is 236 Å². The fourth-order valence-corrected chi connectivity index (χ4v) is 6.74. The number of methoxy groups -OCH3 is 2. The van der Waals surface area contributed by atoms with Gasteiger partial charge in [-0.3, -0.25) is 19.4 Å². The Morgan fingerprint density at radius 1 is 1.02 bits per heavy atom. The van der Waals surface area contributed by atoms with Gasteiger partial charge in [0.25, 0.3) is 5.91 Å². The molecule has 2 fully saturated rings. The smallest absolute Gasteiger partial charge is 0.255 e. The SMILES string of the molecule is COc1cc2cc(c1OC)CCCNC(=O)CCC[C@H]1[C@@H]3C[C@@H](CN(C(=O)c4cccnc4)C3)CN1C(=O)CC2. The van der Waals surface area contributed by atoms with Crippen molar-refractivity contribution in [2.75, 3.05) is 40.4 Å². The summed E-state index contributed by atoms with van der Waals surface area (Å²) in [4.78, 5) is 47.7. The molecule has 40 heavy (non-hydrogen) atoms. The van der Waals surface area contributed by atoms with Crippen molar-refractivity contribution in [3.63, 3.8) is 0 Å². The van der Waals surface area contributed by atoms with E-state index in [-0.39, 0.29) is 35.6 Å². The maximum Gasteiger partial charge on any atom is 0.255 e. The number of likely N-dealkylation sites (tertiary alicyclic amines) is 1. The Bertz CT molecular complexity index is 1220. The van der Waals surface area contributed by atoms with Crippen LogP contribution in [0, 0.1) is 11.8 Å². The van der Waals surface area contributed by atoms with E-state index in [1.54, 1.807) is 38.7 Å². The van der Waals surface area contributed by atoms with Gasteiger partial charge in [0, 0.05) is 57.5 Å². The van der Waals surface area contributed by atoms with Gasteiger partial charge in [0.2, 0.25) is 11.8 Å². The maximum absolute atomic E-state index is 13.7. The van der Waals surface area contributed by atoms with Crippen molar-refractivity contribution in [3.8, 4) is 11.5 Å².